The fraction of sp³-hybridized carbons (Fsp3) is 0.0714. The zero-order valence-electron chi connectivity index (χ0n) is 8.94. The van der Waals surface area contributed by atoms with Gasteiger partial charge in [-0.2, -0.15) is 0 Å². The molecule has 0 aromatic heterocycles. The zero-order chi connectivity index (χ0) is 11.4. The maximum atomic E-state index is 11.6. The van der Waals surface area contributed by atoms with Gasteiger partial charge in [-0.05, 0) is 23.3 Å². The average molecular weight is 211 g/mol. The van der Waals surface area contributed by atoms with Crippen molar-refractivity contribution >= 4 is 5.97 Å². The van der Waals surface area contributed by atoms with Crippen LogP contribution >= 0.6 is 0 Å². The third-order valence-electron chi connectivity index (χ3n) is 2.36. The zero-order valence-corrected chi connectivity index (χ0v) is 8.94. The first-order chi connectivity index (χ1) is 7.83. The predicted octanol–water partition coefficient (Wildman–Crippen LogP) is 2.94. The molecule has 0 amide bonds. The molecule has 79 valence electrons. The van der Waals surface area contributed by atoms with Crippen molar-refractivity contribution in [2.24, 2.45) is 0 Å². The number of benzene rings is 2. The van der Waals surface area contributed by atoms with Crippen LogP contribution in [0.1, 0.15) is 10.4 Å². The van der Waals surface area contributed by atoms with Crippen LogP contribution < -0.4 is 0 Å². The molecule has 2 aromatic carbocycles. The Morgan fingerprint density at radius 3 is 2.50 bits per heavy atom. The van der Waals surface area contributed by atoms with Gasteiger partial charge in [0.05, 0.1) is 12.7 Å². The highest BCUT2D eigenvalue weighted by atomic mass is 16.5. The molecule has 0 fully saturated rings. The van der Waals surface area contributed by atoms with Crippen molar-refractivity contribution in [3.05, 3.63) is 60.2 Å². The van der Waals surface area contributed by atoms with Crippen LogP contribution in [0.3, 0.4) is 0 Å². The minimum absolute atomic E-state index is 0.316. The molecule has 0 unspecified atom stereocenters. The van der Waals surface area contributed by atoms with E-state index in [-0.39, 0.29) is 5.97 Å². The Morgan fingerprint density at radius 1 is 1.12 bits per heavy atom. The summed E-state index contributed by atoms with van der Waals surface area (Å²) in [5.74, 6) is -0.316. The van der Waals surface area contributed by atoms with Gasteiger partial charge in [0.15, 0.2) is 0 Å². The van der Waals surface area contributed by atoms with Gasteiger partial charge in [-0.25, -0.2) is 4.79 Å². The molecule has 0 saturated carbocycles. The van der Waals surface area contributed by atoms with Crippen LogP contribution in [0.4, 0.5) is 0 Å². The highest BCUT2D eigenvalue weighted by Gasteiger charge is 2.11. The van der Waals surface area contributed by atoms with Gasteiger partial charge in [-0.1, -0.05) is 42.5 Å². The molecular weight excluding hydrogens is 200 g/mol. The quantitative estimate of drug-likeness (QED) is 0.714. The molecule has 2 rings (SSSR count). The van der Waals surface area contributed by atoms with Gasteiger partial charge in [0.1, 0.15) is 0 Å². The first-order valence-corrected chi connectivity index (χ1v) is 4.97. The number of ether oxygens (including phenoxy) is 1. The molecule has 0 N–H and O–H groups in total. The minimum atomic E-state index is -0.316. The number of hydrogen-bond acceptors (Lipinski definition) is 2. The van der Waals surface area contributed by atoms with Crippen molar-refractivity contribution in [1.82, 2.24) is 0 Å². The predicted molar refractivity (Wildman–Crippen MR) is 62.1 cm³/mol. The molecule has 0 saturated heterocycles. The summed E-state index contributed by atoms with van der Waals surface area (Å²) in [5.41, 5.74) is 2.44. The fourth-order valence-corrected chi connectivity index (χ4v) is 1.59. The fourth-order valence-electron chi connectivity index (χ4n) is 1.59. The summed E-state index contributed by atoms with van der Waals surface area (Å²) in [6.07, 6.45) is 0. The molecule has 0 aliphatic carbocycles. The Balaban J connectivity index is 2.53. The van der Waals surface area contributed by atoms with Crippen LogP contribution in [0.15, 0.2) is 48.5 Å². The number of esters is 1. The number of carbonyl (C=O) groups is 1. The SMILES string of the molecule is COC(=O)c1ccccc1-c1cc[c]cc1. The third kappa shape index (κ3) is 1.96. The first kappa shape index (κ1) is 10.4. The Kier molecular flexibility index (Phi) is 3.01. The van der Waals surface area contributed by atoms with E-state index in [9.17, 15) is 4.79 Å². The van der Waals surface area contributed by atoms with E-state index in [1.165, 1.54) is 7.11 Å². The summed E-state index contributed by atoms with van der Waals surface area (Å²) in [6.45, 7) is 0. The molecule has 0 bridgehead atoms. The highest BCUT2D eigenvalue weighted by molar-refractivity contribution is 5.97. The van der Waals surface area contributed by atoms with E-state index in [0.717, 1.165) is 11.1 Å². The van der Waals surface area contributed by atoms with Crippen LogP contribution in [-0.4, -0.2) is 13.1 Å². The topological polar surface area (TPSA) is 26.3 Å². The Labute approximate surface area is 94.5 Å². The minimum Gasteiger partial charge on any atom is -0.465 e. The van der Waals surface area contributed by atoms with E-state index < -0.39 is 0 Å². The van der Waals surface area contributed by atoms with Crippen LogP contribution in [0.5, 0.6) is 0 Å². The Hall–Kier alpha value is -2.09. The van der Waals surface area contributed by atoms with Crippen molar-refractivity contribution in [3.63, 3.8) is 0 Å². The number of carbonyl (C=O) groups excluding carboxylic acids is 1. The standard InChI is InChI=1S/C14H11O2/c1-16-14(15)13-10-6-5-9-12(13)11-7-3-2-4-8-11/h3-10H,1H3. The van der Waals surface area contributed by atoms with E-state index in [2.05, 4.69) is 6.07 Å². The number of rotatable bonds is 2. The Morgan fingerprint density at radius 2 is 1.81 bits per heavy atom. The lowest BCUT2D eigenvalue weighted by Gasteiger charge is -2.07. The smallest absolute Gasteiger partial charge is 0.338 e. The van der Waals surface area contributed by atoms with Crippen molar-refractivity contribution in [1.29, 1.82) is 0 Å². The summed E-state index contributed by atoms with van der Waals surface area (Å²) in [5, 5.41) is 0. The van der Waals surface area contributed by atoms with Crippen LogP contribution in [0.2, 0.25) is 0 Å². The maximum absolute atomic E-state index is 11.6. The van der Waals surface area contributed by atoms with Crippen molar-refractivity contribution < 1.29 is 9.53 Å². The lowest BCUT2D eigenvalue weighted by Crippen LogP contribution is -2.03. The molecule has 1 radical (unpaired) electrons. The number of hydrogen-bond donors (Lipinski definition) is 0. The van der Waals surface area contributed by atoms with E-state index in [0.29, 0.717) is 5.56 Å². The van der Waals surface area contributed by atoms with Crippen molar-refractivity contribution in [2.45, 2.75) is 0 Å². The number of methoxy groups -OCH3 is 1. The summed E-state index contributed by atoms with van der Waals surface area (Å²) in [6, 6.07) is 17.8. The molecule has 0 aliphatic heterocycles. The third-order valence-corrected chi connectivity index (χ3v) is 2.36. The Bertz CT molecular complexity index is 489. The van der Waals surface area contributed by atoms with Gasteiger partial charge >= 0.3 is 5.97 Å². The molecule has 0 aliphatic rings. The lowest BCUT2D eigenvalue weighted by atomic mass is 10.00. The second-order valence-corrected chi connectivity index (χ2v) is 3.33. The molecule has 0 heterocycles. The summed E-state index contributed by atoms with van der Waals surface area (Å²) >= 11 is 0. The van der Waals surface area contributed by atoms with Gasteiger partial charge in [-0.15, -0.1) is 0 Å². The normalized spacial score (nSPS) is 9.81. The summed E-state index contributed by atoms with van der Waals surface area (Å²) < 4.78 is 4.75. The molecule has 2 nitrogen and oxygen atoms in total. The van der Waals surface area contributed by atoms with Crippen molar-refractivity contribution in [2.75, 3.05) is 7.11 Å². The second-order valence-electron chi connectivity index (χ2n) is 3.33. The molecule has 2 aromatic rings. The van der Waals surface area contributed by atoms with Gasteiger partial charge in [0.2, 0.25) is 0 Å². The highest BCUT2D eigenvalue weighted by Crippen LogP contribution is 2.23. The largest absolute Gasteiger partial charge is 0.465 e. The van der Waals surface area contributed by atoms with E-state index in [4.69, 9.17) is 4.74 Å². The van der Waals surface area contributed by atoms with Crippen LogP contribution in [-0.2, 0) is 4.74 Å². The van der Waals surface area contributed by atoms with E-state index in [1.54, 1.807) is 6.07 Å². The average Bonchev–Trinajstić information content (AvgIpc) is 2.39. The van der Waals surface area contributed by atoms with Gasteiger partial charge in [0, 0.05) is 0 Å². The van der Waals surface area contributed by atoms with E-state index >= 15 is 0 Å². The molecule has 16 heavy (non-hydrogen) atoms. The summed E-state index contributed by atoms with van der Waals surface area (Å²) in [4.78, 5) is 11.6. The lowest BCUT2D eigenvalue weighted by molar-refractivity contribution is 0.0601. The molecule has 0 spiro atoms. The summed E-state index contributed by atoms with van der Waals surface area (Å²) in [7, 11) is 1.39. The molecule has 2 heteroatoms. The van der Waals surface area contributed by atoms with Gasteiger partial charge in [0.25, 0.3) is 0 Å². The molecule has 0 atom stereocenters. The second kappa shape index (κ2) is 4.62. The first-order valence-electron chi connectivity index (χ1n) is 4.97. The monoisotopic (exact) mass is 211 g/mol. The van der Waals surface area contributed by atoms with Gasteiger partial charge in [-0.3, -0.25) is 0 Å². The van der Waals surface area contributed by atoms with Crippen LogP contribution in [0, 0.1) is 6.07 Å². The maximum Gasteiger partial charge on any atom is 0.338 e. The molecular formula is C14H11O2. The van der Waals surface area contributed by atoms with E-state index in [1.807, 2.05) is 42.5 Å². The van der Waals surface area contributed by atoms with Gasteiger partial charge < -0.3 is 4.74 Å². The van der Waals surface area contributed by atoms with Crippen molar-refractivity contribution in [3.8, 4) is 11.1 Å². The van der Waals surface area contributed by atoms with Crippen LogP contribution in [0.25, 0.3) is 11.1 Å².